The zero-order valence-electron chi connectivity index (χ0n) is 19.3. The highest BCUT2D eigenvalue weighted by molar-refractivity contribution is 5.93. The Balaban J connectivity index is 2.90. The Morgan fingerprint density at radius 3 is 2.14 bits per heavy atom. The van der Waals surface area contributed by atoms with Crippen LogP contribution in [0.2, 0.25) is 0 Å². The topological polar surface area (TPSA) is 95.9 Å². The molecule has 0 aliphatic carbocycles. The van der Waals surface area contributed by atoms with Crippen molar-refractivity contribution >= 4 is 17.8 Å². The molecule has 29 heavy (non-hydrogen) atoms. The lowest BCUT2D eigenvalue weighted by Crippen LogP contribution is -2.54. The van der Waals surface area contributed by atoms with E-state index in [1.54, 1.807) is 32.6 Å². The van der Waals surface area contributed by atoms with E-state index in [0.29, 0.717) is 13.0 Å². The van der Waals surface area contributed by atoms with Gasteiger partial charge in [0.2, 0.25) is 5.91 Å². The Morgan fingerprint density at radius 2 is 1.69 bits per heavy atom. The molecule has 2 N–H and O–H groups in total. The maximum Gasteiger partial charge on any atom is 0.408 e. The highest BCUT2D eigenvalue weighted by Gasteiger charge is 2.39. The molecule has 1 fully saturated rings. The molecule has 4 atom stereocenters. The third-order valence-electron chi connectivity index (χ3n) is 5.43. The first-order valence-electron chi connectivity index (χ1n) is 10.7. The molecule has 0 aromatic carbocycles. The van der Waals surface area contributed by atoms with E-state index in [4.69, 9.17) is 4.74 Å². The molecule has 7 heteroatoms. The monoisotopic (exact) mass is 412 g/mol. The van der Waals surface area contributed by atoms with Gasteiger partial charge < -0.3 is 20.1 Å². The number of nitrogens with one attached hydrogen (secondary N) is 1. The van der Waals surface area contributed by atoms with Gasteiger partial charge in [-0.1, -0.05) is 27.7 Å². The van der Waals surface area contributed by atoms with E-state index in [0.717, 1.165) is 6.42 Å². The Labute approximate surface area is 175 Å². The third-order valence-corrected chi connectivity index (χ3v) is 5.43. The number of carbonyl (C=O) groups is 3. The number of ketones is 1. The summed E-state index contributed by atoms with van der Waals surface area (Å²) in [5.41, 5.74) is -0.659. The summed E-state index contributed by atoms with van der Waals surface area (Å²) in [6, 6.07) is -1.25. The minimum atomic E-state index is -0.754. The number of likely N-dealkylation sites (tertiary alicyclic amines) is 1. The van der Waals surface area contributed by atoms with Gasteiger partial charge in [-0.05, 0) is 58.3 Å². The van der Waals surface area contributed by atoms with E-state index >= 15 is 0 Å². The minimum absolute atomic E-state index is 0.0183. The number of hydrogen-bond acceptors (Lipinski definition) is 5. The number of amides is 2. The fourth-order valence-corrected chi connectivity index (χ4v) is 3.82. The molecular formula is C22H40N2O5. The van der Waals surface area contributed by atoms with Gasteiger partial charge in [-0.25, -0.2) is 4.79 Å². The molecule has 168 valence electrons. The van der Waals surface area contributed by atoms with Crippen LogP contribution in [0.5, 0.6) is 0 Å². The normalized spacial score (nSPS) is 20.5. The summed E-state index contributed by atoms with van der Waals surface area (Å²) in [4.78, 5) is 40.0. The highest BCUT2D eigenvalue weighted by atomic mass is 16.6. The predicted octanol–water partition coefficient (Wildman–Crippen LogP) is 3.14. The van der Waals surface area contributed by atoms with Crippen molar-refractivity contribution < 1.29 is 24.2 Å². The summed E-state index contributed by atoms with van der Waals surface area (Å²) in [7, 11) is 0. The number of aliphatic hydroxyl groups excluding tert-OH is 1. The van der Waals surface area contributed by atoms with Crippen molar-refractivity contribution in [1.29, 1.82) is 0 Å². The van der Waals surface area contributed by atoms with Crippen LogP contribution in [-0.2, 0) is 14.3 Å². The molecule has 2 unspecified atom stereocenters. The second-order valence-corrected chi connectivity index (χ2v) is 9.88. The van der Waals surface area contributed by atoms with Gasteiger partial charge in [0.1, 0.15) is 11.6 Å². The number of alkyl carbamates (subject to hydrolysis) is 1. The molecule has 2 amide bonds. The molecule has 0 bridgehead atoms. The van der Waals surface area contributed by atoms with Gasteiger partial charge >= 0.3 is 6.09 Å². The fraction of sp³-hybridized carbons (Fsp3) is 0.864. The summed E-state index contributed by atoms with van der Waals surface area (Å²) >= 11 is 0. The molecule has 1 aliphatic heterocycles. The molecule has 1 aliphatic rings. The quantitative estimate of drug-likeness (QED) is 0.638. The average molecular weight is 413 g/mol. The summed E-state index contributed by atoms with van der Waals surface area (Å²) in [5, 5.41) is 12.7. The Bertz CT molecular complexity index is 572. The largest absolute Gasteiger partial charge is 0.444 e. The molecule has 1 saturated heterocycles. The van der Waals surface area contributed by atoms with Crippen molar-refractivity contribution in [2.24, 2.45) is 17.8 Å². The van der Waals surface area contributed by atoms with E-state index in [-0.39, 0.29) is 35.9 Å². The summed E-state index contributed by atoms with van der Waals surface area (Å²) in [6.07, 6.45) is 0.394. The van der Waals surface area contributed by atoms with Gasteiger partial charge in [0.25, 0.3) is 0 Å². The van der Waals surface area contributed by atoms with Crippen LogP contribution in [0.4, 0.5) is 4.79 Å². The average Bonchev–Trinajstić information content (AvgIpc) is 3.04. The van der Waals surface area contributed by atoms with Crippen molar-refractivity contribution in [3.8, 4) is 0 Å². The van der Waals surface area contributed by atoms with Crippen molar-refractivity contribution in [1.82, 2.24) is 10.2 Å². The summed E-state index contributed by atoms with van der Waals surface area (Å²) < 4.78 is 5.30. The van der Waals surface area contributed by atoms with Gasteiger partial charge in [0, 0.05) is 13.0 Å². The lowest BCUT2D eigenvalue weighted by atomic mass is 9.85. The lowest BCUT2D eigenvalue weighted by Gasteiger charge is -2.32. The summed E-state index contributed by atoms with van der Waals surface area (Å²) in [5.74, 6) is -0.384. The Hall–Kier alpha value is -1.63. The molecule has 0 spiro atoms. The van der Waals surface area contributed by atoms with Gasteiger partial charge in [0.05, 0.1) is 12.1 Å². The molecular weight excluding hydrogens is 372 g/mol. The first-order chi connectivity index (χ1) is 13.2. The van der Waals surface area contributed by atoms with Gasteiger partial charge in [-0.15, -0.1) is 0 Å². The predicted molar refractivity (Wildman–Crippen MR) is 112 cm³/mol. The summed E-state index contributed by atoms with van der Waals surface area (Å²) in [6.45, 7) is 15.2. The first kappa shape index (κ1) is 25.4. The Morgan fingerprint density at radius 1 is 1.10 bits per heavy atom. The third kappa shape index (κ3) is 7.61. The maximum atomic E-state index is 13.2. The van der Waals surface area contributed by atoms with Crippen molar-refractivity contribution in [3.63, 3.8) is 0 Å². The fourth-order valence-electron chi connectivity index (χ4n) is 3.82. The van der Waals surface area contributed by atoms with Crippen LogP contribution in [-0.4, -0.2) is 58.1 Å². The second-order valence-electron chi connectivity index (χ2n) is 9.88. The number of nitrogens with zero attached hydrogens (tertiary/aromatic N) is 1. The molecule has 0 aromatic heterocycles. The van der Waals surface area contributed by atoms with Crippen molar-refractivity contribution in [2.45, 2.75) is 98.4 Å². The molecule has 7 nitrogen and oxygen atoms in total. The standard InChI is InChI=1S/C22H40N2O5/c1-13(2)16(15(5)25)12-18(26)17-10-9-11-24(17)20(27)19(14(3)4)23-21(28)29-22(6,7)8/h13-17,19,25H,9-12H2,1-8H3,(H,23,28)/t15?,16?,17-,19-/m0/s1. The number of carbonyl (C=O) groups excluding carboxylic acids is 3. The second kappa shape index (κ2) is 10.4. The van der Waals surface area contributed by atoms with Gasteiger partial charge in [0.15, 0.2) is 5.78 Å². The van der Waals surface area contributed by atoms with E-state index < -0.39 is 29.9 Å². The van der Waals surface area contributed by atoms with Crippen LogP contribution in [0, 0.1) is 17.8 Å². The smallest absolute Gasteiger partial charge is 0.408 e. The van der Waals surface area contributed by atoms with E-state index in [2.05, 4.69) is 5.32 Å². The van der Waals surface area contributed by atoms with Crippen LogP contribution < -0.4 is 5.32 Å². The number of aliphatic hydroxyl groups is 1. The van der Waals surface area contributed by atoms with E-state index in [1.807, 2.05) is 27.7 Å². The van der Waals surface area contributed by atoms with Gasteiger partial charge in [-0.2, -0.15) is 0 Å². The van der Waals surface area contributed by atoms with Crippen LogP contribution in [0.15, 0.2) is 0 Å². The van der Waals surface area contributed by atoms with Gasteiger partial charge in [-0.3, -0.25) is 9.59 Å². The number of rotatable bonds is 8. The molecule has 1 heterocycles. The van der Waals surface area contributed by atoms with Crippen molar-refractivity contribution in [2.75, 3.05) is 6.54 Å². The molecule has 0 radical (unpaired) electrons. The highest BCUT2D eigenvalue weighted by Crippen LogP contribution is 2.26. The number of ether oxygens (including phenoxy) is 1. The lowest BCUT2D eigenvalue weighted by molar-refractivity contribution is -0.140. The van der Waals surface area contributed by atoms with Crippen molar-refractivity contribution in [3.05, 3.63) is 0 Å². The molecule has 0 saturated carbocycles. The zero-order valence-corrected chi connectivity index (χ0v) is 19.3. The van der Waals surface area contributed by atoms with Crippen LogP contribution in [0.1, 0.15) is 74.7 Å². The Kier molecular flexibility index (Phi) is 9.12. The van der Waals surface area contributed by atoms with E-state index in [9.17, 15) is 19.5 Å². The first-order valence-corrected chi connectivity index (χ1v) is 10.7. The van der Waals surface area contributed by atoms with Crippen LogP contribution in [0.3, 0.4) is 0 Å². The SMILES string of the molecule is CC(C)C(CC(=O)[C@@H]1CCCN1C(=O)[C@@H](NC(=O)OC(C)(C)C)C(C)C)C(C)O. The molecule has 1 rings (SSSR count). The minimum Gasteiger partial charge on any atom is -0.444 e. The molecule has 0 aromatic rings. The van der Waals surface area contributed by atoms with Crippen LogP contribution >= 0.6 is 0 Å². The van der Waals surface area contributed by atoms with E-state index in [1.165, 1.54) is 0 Å². The van der Waals surface area contributed by atoms with Crippen LogP contribution in [0.25, 0.3) is 0 Å². The number of hydrogen-bond donors (Lipinski definition) is 2. The maximum absolute atomic E-state index is 13.2. The number of Topliss-reactive ketones (excluding diaryl/α,β-unsaturated/α-hetero) is 1. The zero-order chi connectivity index (χ0) is 22.5.